The lowest BCUT2D eigenvalue weighted by Crippen LogP contribution is -2.29. The number of esters is 1. The van der Waals surface area contributed by atoms with Crippen LogP contribution in [0.5, 0.6) is 0 Å². The van der Waals surface area contributed by atoms with Crippen molar-refractivity contribution < 1.29 is 14.3 Å². The zero-order valence-electron chi connectivity index (χ0n) is 18.7. The van der Waals surface area contributed by atoms with E-state index in [2.05, 4.69) is 25.3 Å². The summed E-state index contributed by atoms with van der Waals surface area (Å²) in [5, 5.41) is 5.68. The normalized spacial score (nSPS) is 11.9. The van der Waals surface area contributed by atoms with Crippen LogP contribution in [-0.4, -0.2) is 37.9 Å². The van der Waals surface area contributed by atoms with Crippen LogP contribution in [0, 0.1) is 0 Å². The average molecular weight is 538 g/mol. The Bertz CT molecular complexity index is 1590. The molecule has 0 saturated heterocycles. The lowest BCUT2D eigenvalue weighted by atomic mass is 10.2. The summed E-state index contributed by atoms with van der Waals surface area (Å²) in [4.78, 5) is 41.5. The number of carbonyl (C=O) groups excluding carboxylic acids is 2. The summed E-state index contributed by atoms with van der Waals surface area (Å²) in [6, 6.07) is 13.8. The van der Waals surface area contributed by atoms with Crippen LogP contribution in [0.2, 0.25) is 10.0 Å². The molecule has 1 amide bonds. The molecule has 180 valence electrons. The summed E-state index contributed by atoms with van der Waals surface area (Å²) >= 11 is 13.3. The number of halogens is 2. The van der Waals surface area contributed by atoms with Crippen LogP contribution in [0.15, 0.2) is 66.3 Å². The summed E-state index contributed by atoms with van der Waals surface area (Å²) in [5.74, 6) is -0.493. The van der Waals surface area contributed by atoms with E-state index in [-0.39, 0.29) is 0 Å². The van der Waals surface area contributed by atoms with Crippen molar-refractivity contribution in [2.45, 2.75) is 13.0 Å². The predicted octanol–water partition coefficient (Wildman–Crippen LogP) is 6.24. The number of aromatic nitrogens is 4. The standard InChI is InChI=1S/C25H17Cl2N5O3S/c1-13(23(33)32-25-31-21(12-36-25)14-4-6-17(26)18(27)9-14)35-24(34)15-5-7-19-20(10-15)30-22(29-19)16-3-2-8-28-11-16/h2-13H,1H3,(H,29,30)(H,31,32,33). The number of pyridine rings is 1. The number of imidazole rings is 1. The number of carbonyl (C=O) groups is 2. The highest BCUT2D eigenvalue weighted by Gasteiger charge is 2.21. The fourth-order valence-electron chi connectivity index (χ4n) is 3.38. The van der Waals surface area contributed by atoms with Gasteiger partial charge in [0.1, 0.15) is 5.82 Å². The van der Waals surface area contributed by atoms with E-state index in [4.69, 9.17) is 27.9 Å². The van der Waals surface area contributed by atoms with Gasteiger partial charge in [-0.25, -0.2) is 14.8 Å². The van der Waals surface area contributed by atoms with Crippen LogP contribution in [0.3, 0.4) is 0 Å². The second-order valence-corrected chi connectivity index (χ2v) is 9.44. The highest BCUT2D eigenvalue weighted by molar-refractivity contribution is 7.14. The SMILES string of the molecule is CC(OC(=O)c1ccc2nc(-c3cccnc3)[nH]c2c1)C(=O)Nc1nc(-c2ccc(Cl)c(Cl)c2)cs1. The number of nitrogens with zero attached hydrogens (tertiary/aromatic N) is 3. The van der Waals surface area contributed by atoms with Crippen LogP contribution in [0.4, 0.5) is 5.13 Å². The Labute approximate surface area is 219 Å². The Morgan fingerprint density at radius 3 is 2.69 bits per heavy atom. The molecule has 2 aromatic carbocycles. The number of ether oxygens (including phenoxy) is 1. The van der Waals surface area contributed by atoms with Crippen LogP contribution in [0.25, 0.3) is 33.7 Å². The molecule has 1 unspecified atom stereocenters. The summed E-state index contributed by atoms with van der Waals surface area (Å²) < 4.78 is 5.38. The summed E-state index contributed by atoms with van der Waals surface area (Å²) in [6.07, 6.45) is 2.34. The molecule has 0 bridgehead atoms. The molecule has 0 aliphatic heterocycles. The fraction of sp³-hybridized carbons (Fsp3) is 0.0800. The monoisotopic (exact) mass is 537 g/mol. The molecule has 0 aliphatic carbocycles. The maximum Gasteiger partial charge on any atom is 0.338 e. The summed E-state index contributed by atoms with van der Waals surface area (Å²) in [7, 11) is 0. The molecule has 0 fully saturated rings. The number of thiazole rings is 1. The zero-order valence-corrected chi connectivity index (χ0v) is 21.0. The van der Waals surface area contributed by atoms with Gasteiger partial charge in [0.05, 0.1) is 32.3 Å². The summed E-state index contributed by atoms with van der Waals surface area (Å²) in [6.45, 7) is 1.50. The largest absolute Gasteiger partial charge is 0.449 e. The van der Waals surface area contributed by atoms with Crippen molar-refractivity contribution in [2.24, 2.45) is 0 Å². The second kappa shape index (κ2) is 10.1. The smallest absolute Gasteiger partial charge is 0.338 e. The summed E-state index contributed by atoms with van der Waals surface area (Å²) in [5.41, 5.74) is 3.88. The number of amides is 1. The third-order valence-corrected chi connectivity index (χ3v) is 6.75. The van der Waals surface area contributed by atoms with Gasteiger partial charge in [-0.05, 0) is 49.4 Å². The van der Waals surface area contributed by atoms with Crippen molar-refractivity contribution in [3.63, 3.8) is 0 Å². The number of hydrogen-bond acceptors (Lipinski definition) is 7. The van der Waals surface area contributed by atoms with Gasteiger partial charge in [-0.2, -0.15) is 0 Å². The number of hydrogen-bond donors (Lipinski definition) is 2. The average Bonchev–Trinajstić information content (AvgIpc) is 3.53. The Kier molecular flexibility index (Phi) is 6.69. The fourth-order valence-corrected chi connectivity index (χ4v) is 4.41. The molecule has 5 aromatic rings. The molecule has 3 aromatic heterocycles. The first-order valence-electron chi connectivity index (χ1n) is 10.7. The number of anilines is 1. The van der Waals surface area contributed by atoms with Crippen molar-refractivity contribution >= 4 is 62.6 Å². The number of nitrogens with one attached hydrogen (secondary N) is 2. The highest BCUT2D eigenvalue weighted by Crippen LogP contribution is 2.30. The molecule has 0 radical (unpaired) electrons. The molecular formula is C25H17Cl2N5O3S. The molecule has 0 aliphatic rings. The van der Waals surface area contributed by atoms with Crippen molar-refractivity contribution in [2.75, 3.05) is 5.32 Å². The molecule has 36 heavy (non-hydrogen) atoms. The van der Waals surface area contributed by atoms with Gasteiger partial charge in [0.2, 0.25) is 0 Å². The lowest BCUT2D eigenvalue weighted by molar-refractivity contribution is -0.123. The minimum Gasteiger partial charge on any atom is -0.449 e. The Balaban J connectivity index is 1.24. The number of benzene rings is 2. The molecule has 0 spiro atoms. The van der Waals surface area contributed by atoms with E-state index < -0.39 is 18.0 Å². The first-order valence-corrected chi connectivity index (χ1v) is 12.3. The number of aromatic amines is 1. The quantitative estimate of drug-likeness (QED) is 0.248. The van der Waals surface area contributed by atoms with Gasteiger partial charge in [0.15, 0.2) is 11.2 Å². The van der Waals surface area contributed by atoms with E-state index in [1.807, 2.05) is 12.1 Å². The molecule has 5 rings (SSSR count). The van der Waals surface area contributed by atoms with Gasteiger partial charge < -0.3 is 9.72 Å². The van der Waals surface area contributed by atoms with Crippen LogP contribution in [-0.2, 0) is 9.53 Å². The van der Waals surface area contributed by atoms with Crippen molar-refractivity contribution in [3.8, 4) is 22.6 Å². The van der Waals surface area contributed by atoms with Crippen molar-refractivity contribution in [1.82, 2.24) is 19.9 Å². The van der Waals surface area contributed by atoms with E-state index in [1.54, 1.807) is 54.2 Å². The predicted molar refractivity (Wildman–Crippen MR) is 140 cm³/mol. The Morgan fingerprint density at radius 1 is 1.06 bits per heavy atom. The molecule has 3 heterocycles. The van der Waals surface area contributed by atoms with Crippen molar-refractivity contribution in [1.29, 1.82) is 0 Å². The molecule has 2 N–H and O–H groups in total. The molecule has 1 atom stereocenters. The second-order valence-electron chi connectivity index (χ2n) is 7.76. The van der Waals surface area contributed by atoms with Crippen LogP contribution in [0.1, 0.15) is 17.3 Å². The van der Waals surface area contributed by atoms with Crippen LogP contribution < -0.4 is 5.32 Å². The van der Waals surface area contributed by atoms with E-state index in [0.717, 1.165) is 11.1 Å². The molecule has 0 saturated carbocycles. The van der Waals surface area contributed by atoms with Gasteiger partial charge in [0, 0.05) is 28.9 Å². The maximum absolute atomic E-state index is 12.7. The molecule has 11 heteroatoms. The number of H-pyrrole nitrogens is 1. The maximum atomic E-state index is 12.7. The van der Waals surface area contributed by atoms with Crippen LogP contribution >= 0.6 is 34.5 Å². The molecular weight excluding hydrogens is 521 g/mol. The van der Waals surface area contributed by atoms with E-state index in [9.17, 15) is 9.59 Å². The molecule has 8 nitrogen and oxygen atoms in total. The van der Waals surface area contributed by atoms with Gasteiger partial charge in [-0.3, -0.25) is 15.1 Å². The number of rotatable bonds is 6. The third kappa shape index (κ3) is 5.08. The van der Waals surface area contributed by atoms with Gasteiger partial charge in [-0.1, -0.05) is 29.3 Å². The van der Waals surface area contributed by atoms with Gasteiger partial charge in [0.25, 0.3) is 5.91 Å². The Hall–Kier alpha value is -3.79. The highest BCUT2D eigenvalue weighted by atomic mass is 35.5. The Morgan fingerprint density at radius 2 is 1.92 bits per heavy atom. The lowest BCUT2D eigenvalue weighted by Gasteiger charge is -2.12. The minimum atomic E-state index is -1.04. The third-order valence-electron chi connectivity index (χ3n) is 5.26. The van der Waals surface area contributed by atoms with Gasteiger partial charge >= 0.3 is 5.97 Å². The number of fused-ring (bicyclic) bond motifs is 1. The first kappa shape index (κ1) is 23.9. The zero-order chi connectivity index (χ0) is 25.2. The van der Waals surface area contributed by atoms with Crippen molar-refractivity contribution in [3.05, 3.63) is 81.9 Å². The van der Waals surface area contributed by atoms with Gasteiger partial charge in [-0.15, -0.1) is 11.3 Å². The van der Waals surface area contributed by atoms with E-state index >= 15 is 0 Å². The topological polar surface area (TPSA) is 110 Å². The minimum absolute atomic E-state index is 0.291. The first-order chi connectivity index (χ1) is 17.4. The van der Waals surface area contributed by atoms with E-state index in [1.165, 1.54) is 18.3 Å². The van der Waals surface area contributed by atoms with E-state index in [0.29, 0.717) is 43.3 Å².